The Kier molecular flexibility index (Phi) is 11.9. The number of nitrogens with zero attached hydrogens (tertiary/aromatic N) is 1. The number of allylic oxidation sites excluding steroid dienone is 1. The second kappa shape index (κ2) is 14.8. The van der Waals surface area contributed by atoms with E-state index in [0.29, 0.717) is 30.2 Å². The third-order valence-corrected chi connectivity index (χ3v) is 13.4. The number of fused-ring (bicyclic) bond motifs is 5. The van der Waals surface area contributed by atoms with E-state index < -0.39 is 17.7 Å². The van der Waals surface area contributed by atoms with Crippen molar-refractivity contribution in [2.45, 2.75) is 163 Å². The molecule has 0 spiro atoms. The van der Waals surface area contributed by atoms with Crippen molar-refractivity contribution in [1.29, 1.82) is 0 Å². The lowest BCUT2D eigenvalue weighted by molar-refractivity contribution is -0.125. The van der Waals surface area contributed by atoms with E-state index >= 15 is 0 Å². The van der Waals surface area contributed by atoms with Crippen molar-refractivity contribution in [3.05, 3.63) is 11.6 Å². The summed E-state index contributed by atoms with van der Waals surface area (Å²) >= 11 is 0. The van der Waals surface area contributed by atoms with Gasteiger partial charge in [0.05, 0.1) is 6.04 Å². The Morgan fingerprint density at radius 3 is 2.40 bits per heavy atom. The number of carbonyl (C=O) groups excluding carboxylic acids is 2. The van der Waals surface area contributed by atoms with Gasteiger partial charge in [0.2, 0.25) is 5.91 Å². The number of rotatable bonds is 11. The molecule has 0 radical (unpaired) electrons. The van der Waals surface area contributed by atoms with E-state index in [1.807, 2.05) is 0 Å². The summed E-state index contributed by atoms with van der Waals surface area (Å²) < 4.78 is 5.19. The molecule has 4 aliphatic rings. The van der Waals surface area contributed by atoms with Gasteiger partial charge in [-0.25, -0.2) is 4.79 Å². The molecule has 6 N–H and O–H groups in total. The molecule has 4 rings (SSSR count). The summed E-state index contributed by atoms with van der Waals surface area (Å²) in [6.07, 6.45) is 17.0. The average Bonchev–Trinajstić information content (AvgIpc) is 3.31. The van der Waals surface area contributed by atoms with E-state index in [4.69, 9.17) is 16.2 Å². The number of carbonyl (C=O) groups is 2. The van der Waals surface area contributed by atoms with E-state index in [2.05, 4.69) is 63.2 Å². The Balaban J connectivity index is 1.29. The second-order valence-electron chi connectivity index (χ2n) is 18.0. The van der Waals surface area contributed by atoms with Crippen LogP contribution in [0.5, 0.6) is 0 Å². The number of ether oxygens (including phenoxy) is 1. The van der Waals surface area contributed by atoms with Crippen LogP contribution in [-0.2, 0) is 9.53 Å². The van der Waals surface area contributed by atoms with E-state index in [9.17, 15) is 9.59 Å². The maximum Gasteiger partial charge on any atom is 0.414 e. The summed E-state index contributed by atoms with van der Waals surface area (Å²) in [6.45, 7) is 20.9. The van der Waals surface area contributed by atoms with Crippen LogP contribution < -0.4 is 22.1 Å². The molecule has 9 atom stereocenters. The number of aliphatic imine (C=N–C) groups is 1. The number of guanidine groups is 1. The number of alkyl carbamates (subject to hydrolysis) is 1. The standard InChI is InChI=1S/C39H69N5O3/c1-25(2)12-10-13-26(3)29-17-18-30-31-16-15-27-24-28(19-20-38(27,8)39(31,9)22-21-37(29,30)7)43-33(45)32(40)14-11-23-42-34(41)44-35(46)47-36(4,5)6/h15,25-26,28-32H,10-14,16-24,40H2,1-9H3,(H,43,45)(H3,41,42,44,46)/t26-,28?,29-,30+,31+,32?,37-,38+,39?/m1/s1. The highest BCUT2D eigenvalue weighted by Gasteiger charge is 2.64. The second-order valence-corrected chi connectivity index (χ2v) is 18.0. The van der Waals surface area contributed by atoms with Gasteiger partial charge in [0.25, 0.3) is 0 Å². The Labute approximate surface area is 286 Å². The summed E-state index contributed by atoms with van der Waals surface area (Å²) in [5, 5.41) is 5.72. The third-order valence-electron chi connectivity index (χ3n) is 13.4. The third kappa shape index (κ3) is 8.38. The lowest BCUT2D eigenvalue weighted by Crippen LogP contribution is -2.58. The monoisotopic (exact) mass is 656 g/mol. The van der Waals surface area contributed by atoms with Crippen molar-refractivity contribution < 1.29 is 14.3 Å². The first-order chi connectivity index (χ1) is 21.9. The molecule has 47 heavy (non-hydrogen) atoms. The van der Waals surface area contributed by atoms with Gasteiger partial charge in [-0.2, -0.15) is 0 Å². The zero-order valence-electron chi connectivity index (χ0n) is 31.3. The minimum atomic E-state index is -0.636. The Hall–Kier alpha value is -2.09. The quantitative estimate of drug-likeness (QED) is 0.0779. The van der Waals surface area contributed by atoms with E-state index in [1.54, 1.807) is 26.3 Å². The van der Waals surface area contributed by atoms with Crippen LogP contribution in [0.2, 0.25) is 0 Å². The topological polar surface area (TPSA) is 132 Å². The van der Waals surface area contributed by atoms with Gasteiger partial charge in [0.15, 0.2) is 5.96 Å². The zero-order chi connectivity index (χ0) is 34.8. The highest BCUT2D eigenvalue weighted by molar-refractivity contribution is 5.92. The minimum absolute atomic E-state index is 0.00113. The van der Waals surface area contributed by atoms with Crippen molar-refractivity contribution in [1.82, 2.24) is 10.6 Å². The molecule has 0 heterocycles. The van der Waals surface area contributed by atoms with Gasteiger partial charge in [-0.05, 0) is 131 Å². The molecule has 268 valence electrons. The smallest absolute Gasteiger partial charge is 0.414 e. The van der Waals surface area contributed by atoms with E-state index in [-0.39, 0.29) is 23.3 Å². The Morgan fingerprint density at radius 1 is 1.00 bits per heavy atom. The van der Waals surface area contributed by atoms with Gasteiger partial charge in [-0.15, -0.1) is 0 Å². The molecule has 0 bridgehead atoms. The summed E-state index contributed by atoms with van der Waals surface area (Å²) in [4.78, 5) is 29.1. The molecule has 0 aromatic carbocycles. The predicted octanol–water partition coefficient (Wildman–Crippen LogP) is 7.85. The molecule has 3 fully saturated rings. The SMILES string of the molecule is CC(C)CCC[C@@H](C)[C@H]1CC[C@H]2[C@@H]3CC=C4CC(NC(=O)C(N)CCCN=C(N)NC(=O)OC(C)(C)C)CC[C@]4(C)C3(C)CC[C@]12C. The van der Waals surface area contributed by atoms with Crippen molar-refractivity contribution >= 4 is 18.0 Å². The number of nitrogens with one attached hydrogen (secondary N) is 2. The normalized spacial score (nSPS) is 35.2. The van der Waals surface area contributed by atoms with Gasteiger partial charge in [0.1, 0.15) is 5.60 Å². The molecule has 3 unspecified atom stereocenters. The van der Waals surface area contributed by atoms with Gasteiger partial charge in [0, 0.05) is 12.6 Å². The first-order valence-corrected chi connectivity index (χ1v) is 18.9. The van der Waals surface area contributed by atoms with E-state index in [1.165, 1.54) is 51.4 Å². The Morgan fingerprint density at radius 2 is 1.72 bits per heavy atom. The number of hydrogen-bond donors (Lipinski definition) is 4. The maximum absolute atomic E-state index is 13.1. The van der Waals surface area contributed by atoms with Gasteiger partial charge in [-0.3, -0.25) is 15.1 Å². The van der Waals surface area contributed by atoms with Gasteiger partial charge < -0.3 is 21.5 Å². The largest absolute Gasteiger partial charge is 0.444 e. The summed E-state index contributed by atoms with van der Waals surface area (Å²) in [7, 11) is 0. The average molecular weight is 656 g/mol. The van der Waals surface area contributed by atoms with Crippen molar-refractivity contribution in [3.63, 3.8) is 0 Å². The van der Waals surface area contributed by atoms with Crippen LogP contribution in [0.3, 0.4) is 0 Å². The van der Waals surface area contributed by atoms with Crippen molar-refractivity contribution in [3.8, 4) is 0 Å². The molecule has 0 aromatic rings. The fourth-order valence-electron chi connectivity index (χ4n) is 10.5. The predicted molar refractivity (Wildman–Crippen MR) is 193 cm³/mol. The maximum atomic E-state index is 13.1. The molecule has 0 saturated heterocycles. The first-order valence-electron chi connectivity index (χ1n) is 18.9. The lowest BCUT2D eigenvalue weighted by atomic mass is 9.40. The van der Waals surface area contributed by atoms with Crippen LogP contribution in [0.15, 0.2) is 16.6 Å². The summed E-state index contributed by atoms with van der Waals surface area (Å²) in [5.41, 5.74) is 14.1. The molecular weight excluding hydrogens is 586 g/mol. The summed E-state index contributed by atoms with van der Waals surface area (Å²) in [5.74, 6) is 4.01. The molecule has 0 aromatic heterocycles. The molecule has 2 amide bonds. The molecule has 3 saturated carbocycles. The highest BCUT2D eigenvalue weighted by atomic mass is 16.6. The van der Waals surface area contributed by atoms with Crippen LogP contribution in [-0.4, -0.2) is 42.2 Å². The van der Waals surface area contributed by atoms with Crippen molar-refractivity contribution in [2.75, 3.05) is 6.54 Å². The molecule has 0 aliphatic heterocycles. The fraction of sp³-hybridized carbons (Fsp3) is 0.872. The van der Waals surface area contributed by atoms with Crippen LogP contribution in [0, 0.1) is 45.8 Å². The summed E-state index contributed by atoms with van der Waals surface area (Å²) in [6, 6.07) is -0.462. The van der Waals surface area contributed by atoms with E-state index in [0.717, 1.165) is 48.9 Å². The van der Waals surface area contributed by atoms with Crippen LogP contribution in [0.25, 0.3) is 0 Å². The molecule has 8 heteroatoms. The number of nitrogens with two attached hydrogens (primary N) is 2. The van der Waals surface area contributed by atoms with Crippen LogP contribution in [0.1, 0.15) is 146 Å². The molecule has 8 nitrogen and oxygen atoms in total. The zero-order valence-corrected chi connectivity index (χ0v) is 31.3. The lowest BCUT2D eigenvalue weighted by Gasteiger charge is -2.64. The Bertz CT molecular complexity index is 1180. The van der Waals surface area contributed by atoms with Gasteiger partial charge in [-0.1, -0.05) is 72.5 Å². The fourth-order valence-corrected chi connectivity index (χ4v) is 10.5. The van der Waals surface area contributed by atoms with Crippen LogP contribution in [0.4, 0.5) is 4.79 Å². The number of hydrogen-bond acceptors (Lipinski definition) is 5. The minimum Gasteiger partial charge on any atom is -0.444 e. The first kappa shape index (κ1) is 37.7. The van der Waals surface area contributed by atoms with Crippen molar-refractivity contribution in [2.24, 2.45) is 62.3 Å². The number of amides is 2. The van der Waals surface area contributed by atoms with Crippen LogP contribution >= 0.6 is 0 Å². The highest BCUT2D eigenvalue weighted by Crippen LogP contribution is 2.72. The molecule has 4 aliphatic carbocycles. The molecular formula is C39H69N5O3. The van der Waals surface area contributed by atoms with Gasteiger partial charge >= 0.3 is 6.09 Å².